The van der Waals surface area contributed by atoms with Gasteiger partial charge in [0.05, 0.1) is 13.2 Å². The van der Waals surface area contributed by atoms with Crippen LogP contribution < -0.4 is 0 Å². The molecule has 0 aliphatic carbocycles. The lowest BCUT2D eigenvalue weighted by molar-refractivity contribution is 0.0274. The normalized spacial score (nSPS) is 13.2. The molecular weight excluding hydrogens is 289 g/mol. The molecule has 1 heterocycles. The van der Waals surface area contributed by atoms with Gasteiger partial charge < -0.3 is 14.7 Å². The van der Waals surface area contributed by atoms with Gasteiger partial charge in [-0.3, -0.25) is 0 Å². The van der Waals surface area contributed by atoms with Crippen LogP contribution in [0, 0.1) is 5.82 Å². The molecule has 21 heavy (non-hydrogen) atoms. The summed E-state index contributed by atoms with van der Waals surface area (Å²) in [6.45, 7) is 7.91. The van der Waals surface area contributed by atoms with Gasteiger partial charge in [0.25, 0.3) is 0 Å². The third-order valence-corrected chi connectivity index (χ3v) is 4.59. The number of hydrogen-bond acceptors (Lipinski definition) is 4. The number of rotatable bonds is 8. The van der Waals surface area contributed by atoms with Gasteiger partial charge in [-0.25, -0.2) is 4.39 Å². The highest BCUT2D eigenvalue weighted by molar-refractivity contribution is 7.17. The van der Waals surface area contributed by atoms with Gasteiger partial charge in [-0.15, -0.1) is 11.3 Å². The predicted octanol–water partition coefficient (Wildman–Crippen LogP) is 3.43. The topological polar surface area (TPSA) is 32.7 Å². The molecule has 3 nitrogen and oxygen atoms in total. The minimum Gasteiger partial charge on any atom is -0.386 e. The molecule has 0 saturated heterocycles. The second kappa shape index (κ2) is 7.84. The van der Waals surface area contributed by atoms with Gasteiger partial charge in [0.2, 0.25) is 0 Å². The number of fused-ring (bicyclic) bond motifs is 1. The number of halogens is 1. The van der Waals surface area contributed by atoms with Gasteiger partial charge >= 0.3 is 0 Å². The SMILES string of the molecule is CCN(CC)CCOCC(O)c1ccc2scc(F)c2c1. The number of hydrogen-bond donors (Lipinski definition) is 1. The number of aliphatic hydroxyl groups is 1. The minimum atomic E-state index is -0.717. The summed E-state index contributed by atoms with van der Waals surface area (Å²) in [5.74, 6) is -0.230. The first kappa shape index (κ1) is 16.4. The fourth-order valence-corrected chi connectivity index (χ4v) is 3.04. The van der Waals surface area contributed by atoms with E-state index in [2.05, 4.69) is 18.7 Å². The molecule has 0 spiro atoms. The molecule has 1 unspecified atom stereocenters. The molecule has 2 aromatic rings. The summed E-state index contributed by atoms with van der Waals surface area (Å²) in [6, 6.07) is 5.38. The maximum Gasteiger partial charge on any atom is 0.141 e. The lowest BCUT2D eigenvalue weighted by Crippen LogP contribution is -2.27. The van der Waals surface area contributed by atoms with Crippen LogP contribution in [0.25, 0.3) is 10.1 Å². The second-order valence-corrected chi connectivity index (χ2v) is 5.87. The lowest BCUT2D eigenvalue weighted by Gasteiger charge is -2.18. The van der Waals surface area contributed by atoms with E-state index in [4.69, 9.17) is 4.74 Å². The number of likely N-dealkylation sites (N-methyl/N-ethyl adjacent to an activating group) is 1. The van der Waals surface area contributed by atoms with E-state index in [0.717, 1.165) is 24.3 Å². The van der Waals surface area contributed by atoms with Crippen LogP contribution in [0.4, 0.5) is 4.39 Å². The Morgan fingerprint density at radius 1 is 1.33 bits per heavy atom. The Labute approximate surface area is 129 Å². The molecule has 0 radical (unpaired) electrons. The fraction of sp³-hybridized carbons (Fsp3) is 0.500. The summed E-state index contributed by atoms with van der Waals surface area (Å²) in [5.41, 5.74) is 0.697. The van der Waals surface area contributed by atoms with Gasteiger partial charge in [-0.05, 0) is 30.8 Å². The van der Waals surface area contributed by atoms with Crippen molar-refractivity contribution in [1.82, 2.24) is 4.90 Å². The molecule has 1 N–H and O–H groups in total. The third kappa shape index (κ3) is 4.23. The number of ether oxygens (including phenoxy) is 1. The van der Waals surface area contributed by atoms with E-state index < -0.39 is 6.10 Å². The van der Waals surface area contributed by atoms with Crippen molar-refractivity contribution in [2.24, 2.45) is 0 Å². The Kier molecular flexibility index (Phi) is 6.11. The Hall–Kier alpha value is -1.01. The first-order valence-corrected chi connectivity index (χ1v) is 8.18. The molecule has 0 saturated carbocycles. The molecule has 0 fully saturated rings. The van der Waals surface area contributed by atoms with Gasteiger partial charge in [-0.1, -0.05) is 19.9 Å². The monoisotopic (exact) mass is 311 g/mol. The molecule has 0 aliphatic rings. The molecule has 2 rings (SSSR count). The van der Waals surface area contributed by atoms with Crippen molar-refractivity contribution in [3.05, 3.63) is 35.0 Å². The fourth-order valence-electron chi connectivity index (χ4n) is 2.25. The molecule has 1 aromatic heterocycles. The van der Waals surface area contributed by atoms with Crippen LogP contribution in [0.2, 0.25) is 0 Å². The molecule has 1 aromatic carbocycles. The maximum atomic E-state index is 13.6. The van der Waals surface area contributed by atoms with Crippen molar-refractivity contribution in [3.8, 4) is 0 Å². The largest absolute Gasteiger partial charge is 0.386 e. The summed E-state index contributed by atoms with van der Waals surface area (Å²) < 4.78 is 20.0. The summed E-state index contributed by atoms with van der Waals surface area (Å²) in [6.07, 6.45) is -0.717. The Balaban J connectivity index is 1.87. The van der Waals surface area contributed by atoms with E-state index in [1.54, 1.807) is 6.07 Å². The van der Waals surface area contributed by atoms with Crippen LogP contribution in [0.5, 0.6) is 0 Å². The number of thiophene rings is 1. The summed E-state index contributed by atoms with van der Waals surface area (Å²) in [4.78, 5) is 2.26. The first-order valence-electron chi connectivity index (χ1n) is 7.30. The van der Waals surface area contributed by atoms with Crippen molar-refractivity contribution in [3.63, 3.8) is 0 Å². The highest BCUT2D eigenvalue weighted by Gasteiger charge is 2.11. The second-order valence-electron chi connectivity index (χ2n) is 4.96. The smallest absolute Gasteiger partial charge is 0.141 e. The van der Waals surface area contributed by atoms with Crippen molar-refractivity contribution < 1.29 is 14.2 Å². The Morgan fingerprint density at radius 2 is 2.10 bits per heavy atom. The highest BCUT2D eigenvalue weighted by atomic mass is 32.1. The lowest BCUT2D eigenvalue weighted by atomic mass is 10.1. The van der Waals surface area contributed by atoms with Crippen molar-refractivity contribution >= 4 is 21.4 Å². The summed E-state index contributed by atoms with van der Waals surface area (Å²) >= 11 is 1.37. The Morgan fingerprint density at radius 3 is 2.81 bits per heavy atom. The van der Waals surface area contributed by atoms with E-state index in [-0.39, 0.29) is 12.4 Å². The van der Waals surface area contributed by atoms with Crippen LogP contribution in [-0.2, 0) is 4.74 Å². The predicted molar refractivity (Wildman–Crippen MR) is 85.3 cm³/mol. The quantitative estimate of drug-likeness (QED) is 0.758. The molecule has 0 bridgehead atoms. The van der Waals surface area contributed by atoms with Gasteiger partial charge in [0.15, 0.2) is 0 Å². The molecule has 5 heteroatoms. The van der Waals surface area contributed by atoms with Crippen LogP contribution in [0.15, 0.2) is 23.6 Å². The first-order chi connectivity index (χ1) is 10.2. The molecule has 1 atom stereocenters. The van der Waals surface area contributed by atoms with Gasteiger partial charge in [0.1, 0.15) is 11.9 Å². The van der Waals surface area contributed by atoms with Crippen LogP contribution in [-0.4, -0.2) is 42.9 Å². The number of nitrogens with zero attached hydrogens (tertiary/aromatic N) is 1. The van der Waals surface area contributed by atoms with Gasteiger partial charge in [-0.2, -0.15) is 0 Å². The highest BCUT2D eigenvalue weighted by Crippen LogP contribution is 2.27. The van der Waals surface area contributed by atoms with E-state index in [1.807, 2.05) is 12.1 Å². The van der Waals surface area contributed by atoms with Crippen molar-refractivity contribution in [2.45, 2.75) is 20.0 Å². The van der Waals surface area contributed by atoms with Crippen molar-refractivity contribution in [2.75, 3.05) is 32.8 Å². The average molecular weight is 311 g/mol. The minimum absolute atomic E-state index is 0.230. The Bertz CT molecular complexity index is 568. The molecule has 0 aliphatic heterocycles. The zero-order chi connectivity index (χ0) is 15.2. The summed E-state index contributed by atoms with van der Waals surface area (Å²) in [7, 11) is 0. The van der Waals surface area contributed by atoms with E-state index in [9.17, 15) is 9.50 Å². The zero-order valence-electron chi connectivity index (χ0n) is 12.5. The molecular formula is C16H22FNO2S. The van der Waals surface area contributed by atoms with Crippen LogP contribution in [0.3, 0.4) is 0 Å². The zero-order valence-corrected chi connectivity index (χ0v) is 13.3. The van der Waals surface area contributed by atoms with Crippen molar-refractivity contribution in [1.29, 1.82) is 0 Å². The van der Waals surface area contributed by atoms with Crippen LogP contribution in [0.1, 0.15) is 25.5 Å². The maximum absolute atomic E-state index is 13.6. The third-order valence-electron chi connectivity index (χ3n) is 3.66. The van der Waals surface area contributed by atoms with E-state index >= 15 is 0 Å². The van der Waals surface area contributed by atoms with Gasteiger partial charge in [0, 0.05) is 22.0 Å². The standard InChI is InChI=1S/C16H22FNO2S/c1-3-18(4-2)7-8-20-10-15(19)12-5-6-16-13(9-12)14(17)11-21-16/h5-6,9,11,15,19H,3-4,7-8,10H2,1-2H3. The average Bonchev–Trinajstić information content (AvgIpc) is 2.88. The number of aliphatic hydroxyl groups excluding tert-OH is 1. The van der Waals surface area contributed by atoms with E-state index in [1.165, 1.54) is 16.7 Å². The summed E-state index contributed by atoms with van der Waals surface area (Å²) in [5, 5.41) is 12.2. The van der Waals surface area contributed by atoms with Crippen LogP contribution >= 0.6 is 11.3 Å². The number of benzene rings is 1. The molecule has 116 valence electrons. The molecule has 0 amide bonds. The van der Waals surface area contributed by atoms with E-state index in [0.29, 0.717) is 17.6 Å².